The first-order chi connectivity index (χ1) is 10.9. The largest absolute Gasteiger partial charge is 0.455 e. The van der Waals surface area contributed by atoms with Gasteiger partial charge < -0.3 is 15.4 Å². The third kappa shape index (κ3) is 7.69. The highest BCUT2D eigenvalue weighted by Crippen LogP contribution is 2.24. The van der Waals surface area contributed by atoms with Crippen molar-refractivity contribution in [1.29, 1.82) is 0 Å². The number of benzene rings is 1. The summed E-state index contributed by atoms with van der Waals surface area (Å²) in [5.74, 6) is -1.25. The van der Waals surface area contributed by atoms with Crippen molar-refractivity contribution >= 4 is 29.5 Å². The number of ether oxygens (including phenoxy) is 1. The summed E-state index contributed by atoms with van der Waals surface area (Å²) in [5.41, 5.74) is 1.15. The quantitative estimate of drug-likeness (QED) is 0.551. The van der Waals surface area contributed by atoms with Crippen LogP contribution in [-0.2, 0) is 19.1 Å². The van der Waals surface area contributed by atoms with Crippen LogP contribution in [0.5, 0.6) is 0 Å². The van der Waals surface area contributed by atoms with Crippen molar-refractivity contribution in [3.63, 3.8) is 0 Å². The molecule has 1 aromatic rings. The number of nitrogens with one attached hydrogen (secondary N) is 2. The van der Waals surface area contributed by atoms with Gasteiger partial charge >= 0.3 is 5.97 Å². The molecule has 1 atom stereocenters. The van der Waals surface area contributed by atoms with E-state index >= 15 is 0 Å². The van der Waals surface area contributed by atoms with Crippen LogP contribution in [0.1, 0.15) is 19.4 Å². The molecular weight excluding hydrogens is 316 g/mol. The van der Waals surface area contributed by atoms with Gasteiger partial charge in [0.25, 0.3) is 5.91 Å². The van der Waals surface area contributed by atoms with E-state index in [0.717, 1.165) is 10.5 Å². The molecule has 0 aliphatic rings. The Morgan fingerprint density at radius 3 is 2.39 bits per heavy atom. The molecule has 0 heterocycles. The summed E-state index contributed by atoms with van der Waals surface area (Å²) in [6.45, 7) is 5.48. The lowest BCUT2D eigenvalue weighted by Crippen LogP contribution is -2.38. The van der Waals surface area contributed by atoms with Gasteiger partial charge in [-0.25, -0.2) is 0 Å². The molecule has 2 amide bonds. The van der Waals surface area contributed by atoms with Crippen LogP contribution >= 0.6 is 11.8 Å². The Morgan fingerprint density at radius 1 is 1.13 bits per heavy atom. The summed E-state index contributed by atoms with van der Waals surface area (Å²) in [6.07, 6.45) is 0. The van der Waals surface area contributed by atoms with E-state index < -0.39 is 23.7 Å². The molecule has 0 radical (unpaired) electrons. The average Bonchev–Trinajstić information content (AvgIpc) is 2.53. The number of amides is 2. The van der Waals surface area contributed by atoms with Gasteiger partial charge in [0.05, 0.1) is 6.54 Å². The van der Waals surface area contributed by atoms with E-state index in [2.05, 4.69) is 10.6 Å². The van der Waals surface area contributed by atoms with Crippen molar-refractivity contribution in [2.45, 2.75) is 30.9 Å². The molecule has 0 aliphatic carbocycles. The Labute approximate surface area is 140 Å². The maximum absolute atomic E-state index is 11.9. The van der Waals surface area contributed by atoms with Crippen LogP contribution in [0.15, 0.2) is 29.2 Å². The first-order valence-electron chi connectivity index (χ1n) is 7.35. The second-order valence-corrected chi connectivity index (χ2v) is 6.33. The van der Waals surface area contributed by atoms with E-state index in [0.29, 0.717) is 6.54 Å². The number of aryl methyl sites for hydroxylation is 1. The van der Waals surface area contributed by atoms with Crippen LogP contribution in [0.25, 0.3) is 0 Å². The number of hydrogen-bond acceptors (Lipinski definition) is 5. The van der Waals surface area contributed by atoms with Crippen molar-refractivity contribution < 1.29 is 19.1 Å². The Hall–Kier alpha value is -2.02. The maximum Gasteiger partial charge on any atom is 0.319 e. The minimum absolute atomic E-state index is 0.127. The van der Waals surface area contributed by atoms with Crippen molar-refractivity contribution in [3.8, 4) is 0 Å². The molecule has 7 heteroatoms. The highest BCUT2D eigenvalue weighted by atomic mass is 32.2. The Morgan fingerprint density at radius 2 is 1.78 bits per heavy atom. The predicted octanol–water partition coefficient (Wildman–Crippen LogP) is 1.27. The lowest BCUT2D eigenvalue weighted by atomic mass is 10.2. The summed E-state index contributed by atoms with van der Waals surface area (Å²) < 4.78 is 4.95. The van der Waals surface area contributed by atoms with E-state index in [1.807, 2.05) is 31.2 Å². The van der Waals surface area contributed by atoms with Crippen LogP contribution in [0.2, 0.25) is 0 Å². The SMILES string of the molecule is CCNC(=O)CNC(=O)COC(=O)[C@@H](C)Sc1ccc(C)cc1. The van der Waals surface area contributed by atoms with E-state index in [4.69, 9.17) is 4.74 Å². The van der Waals surface area contributed by atoms with Gasteiger partial charge in [-0.15, -0.1) is 11.8 Å². The number of carbonyl (C=O) groups is 3. The molecule has 126 valence electrons. The summed E-state index contributed by atoms with van der Waals surface area (Å²) in [4.78, 5) is 35.5. The molecule has 0 saturated carbocycles. The first-order valence-corrected chi connectivity index (χ1v) is 8.23. The van der Waals surface area contributed by atoms with E-state index in [9.17, 15) is 14.4 Å². The Bertz CT molecular complexity index is 546. The van der Waals surface area contributed by atoms with Gasteiger partial charge in [0.2, 0.25) is 5.91 Å². The van der Waals surface area contributed by atoms with Crippen molar-refractivity contribution in [3.05, 3.63) is 29.8 Å². The Balaban J connectivity index is 2.30. The molecule has 0 saturated heterocycles. The van der Waals surface area contributed by atoms with Gasteiger partial charge in [-0.05, 0) is 32.9 Å². The molecule has 1 rings (SSSR count). The van der Waals surface area contributed by atoms with Crippen molar-refractivity contribution in [1.82, 2.24) is 10.6 Å². The lowest BCUT2D eigenvalue weighted by molar-refractivity contribution is -0.147. The van der Waals surface area contributed by atoms with Gasteiger partial charge in [-0.3, -0.25) is 14.4 Å². The zero-order valence-corrected chi connectivity index (χ0v) is 14.4. The van der Waals surface area contributed by atoms with Crippen LogP contribution < -0.4 is 10.6 Å². The summed E-state index contributed by atoms with van der Waals surface area (Å²) in [5, 5.41) is 4.51. The predicted molar refractivity (Wildman–Crippen MR) is 89.2 cm³/mol. The lowest BCUT2D eigenvalue weighted by Gasteiger charge is -2.11. The summed E-state index contributed by atoms with van der Waals surface area (Å²) in [6, 6.07) is 7.80. The highest BCUT2D eigenvalue weighted by Gasteiger charge is 2.17. The molecule has 0 fully saturated rings. The monoisotopic (exact) mass is 338 g/mol. The van der Waals surface area contributed by atoms with Gasteiger partial charge in [0, 0.05) is 11.4 Å². The average molecular weight is 338 g/mol. The van der Waals surface area contributed by atoms with Crippen molar-refractivity contribution in [2.24, 2.45) is 0 Å². The van der Waals surface area contributed by atoms with Crippen LogP contribution in [-0.4, -0.2) is 42.7 Å². The normalized spacial score (nSPS) is 11.4. The van der Waals surface area contributed by atoms with E-state index in [1.165, 1.54) is 11.8 Å². The number of esters is 1. The number of rotatable bonds is 8. The minimum Gasteiger partial charge on any atom is -0.455 e. The van der Waals surface area contributed by atoms with E-state index in [1.54, 1.807) is 13.8 Å². The van der Waals surface area contributed by atoms with Crippen LogP contribution in [0, 0.1) is 6.92 Å². The van der Waals surface area contributed by atoms with Gasteiger partial charge in [0.1, 0.15) is 5.25 Å². The summed E-state index contributed by atoms with van der Waals surface area (Å²) in [7, 11) is 0. The third-order valence-electron chi connectivity index (χ3n) is 2.83. The van der Waals surface area contributed by atoms with Crippen LogP contribution in [0.4, 0.5) is 0 Å². The molecule has 0 unspecified atom stereocenters. The number of carbonyl (C=O) groups excluding carboxylic acids is 3. The summed E-state index contributed by atoms with van der Waals surface area (Å²) >= 11 is 1.37. The molecular formula is C16H22N2O4S. The fraction of sp³-hybridized carbons (Fsp3) is 0.438. The standard InChI is InChI=1S/C16H22N2O4S/c1-4-17-14(19)9-18-15(20)10-22-16(21)12(3)23-13-7-5-11(2)6-8-13/h5-8,12H,4,9-10H2,1-3H3,(H,17,19)(H,18,20)/t12-/m1/s1. The molecule has 0 aliphatic heterocycles. The number of likely N-dealkylation sites (N-methyl/N-ethyl adjacent to an activating group) is 1. The smallest absolute Gasteiger partial charge is 0.319 e. The molecule has 1 aromatic carbocycles. The minimum atomic E-state index is -0.503. The number of hydrogen-bond donors (Lipinski definition) is 2. The second kappa shape index (κ2) is 9.89. The highest BCUT2D eigenvalue weighted by molar-refractivity contribution is 8.00. The van der Waals surface area contributed by atoms with Crippen molar-refractivity contribution in [2.75, 3.05) is 19.7 Å². The van der Waals surface area contributed by atoms with Gasteiger partial charge in [-0.1, -0.05) is 17.7 Å². The van der Waals surface area contributed by atoms with Gasteiger partial charge in [0.15, 0.2) is 6.61 Å². The molecule has 6 nitrogen and oxygen atoms in total. The molecule has 0 aromatic heterocycles. The van der Waals surface area contributed by atoms with E-state index in [-0.39, 0.29) is 12.5 Å². The molecule has 23 heavy (non-hydrogen) atoms. The molecule has 0 bridgehead atoms. The fourth-order valence-corrected chi connectivity index (χ4v) is 2.48. The second-order valence-electron chi connectivity index (χ2n) is 4.91. The molecule has 2 N–H and O–H groups in total. The molecule has 0 spiro atoms. The van der Waals surface area contributed by atoms with Gasteiger partial charge in [-0.2, -0.15) is 0 Å². The topological polar surface area (TPSA) is 84.5 Å². The van der Waals surface area contributed by atoms with Crippen LogP contribution in [0.3, 0.4) is 0 Å². The maximum atomic E-state index is 11.9. The fourth-order valence-electron chi connectivity index (χ4n) is 1.61. The number of thioether (sulfide) groups is 1. The third-order valence-corrected chi connectivity index (χ3v) is 3.92. The Kier molecular flexibility index (Phi) is 8.18. The zero-order valence-electron chi connectivity index (χ0n) is 13.5. The first kappa shape index (κ1) is 19.0. The zero-order chi connectivity index (χ0) is 17.2.